The topological polar surface area (TPSA) is 135 Å². The molecule has 4 N–H and O–H groups in total. The van der Waals surface area contributed by atoms with Gasteiger partial charge in [-0.15, -0.1) is 0 Å². The highest BCUT2D eigenvalue weighted by molar-refractivity contribution is 5.85. The van der Waals surface area contributed by atoms with Crippen molar-refractivity contribution in [1.29, 1.82) is 0 Å². The molecule has 1 fully saturated rings. The molecule has 26 heavy (non-hydrogen) atoms. The summed E-state index contributed by atoms with van der Waals surface area (Å²) in [5.41, 5.74) is 0. The number of hydrogen-bond acceptors (Lipinski definition) is 6. The molecular weight excluding hydrogens is 344 g/mol. The third kappa shape index (κ3) is 12.2. The molecule has 10 heteroatoms. The van der Waals surface area contributed by atoms with Crippen LogP contribution in [0.3, 0.4) is 0 Å². The van der Waals surface area contributed by atoms with Crippen LogP contribution in [0.4, 0.5) is 0 Å². The van der Waals surface area contributed by atoms with Crippen LogP contribution < -0.4 is 21.3 Å². The van der Waals surface area contributed by atoms with Gasteiger partial charge < -0.3 is 30.7 Å². The number of nitrogens with one attached hydrogen (secondary N) is 4. The van der Waals surface area contributed by atoms with Crippen molar-refractivity contribution in [2.24, 2.45) is 0 Å². The van der Waals surface area contributed by atoms with Crippen molar-refractivity contribution in [3.63, 3.8) is 0 Å². The third-order valence-electron chi connectivity index (χ3n) is 3.46. The van der Waals surface area contributed by atoms with E-state index in [-0.39, 0.29) is 49.6 Å². The minimum atomic E-state index is -0.282. The zero-order valence-corrected chi connectivity index (χ0v) is 14.9. The number of carbonyl (C=O) groups excluding carboxylic acids is 4. The molecular formula is C16H28N4O6. The first-order valence-corrected chi connectivity index (χ1v) is 8.80. The molecule has 0 aromatic carbocycles. The highest BCUT2D eigenvalue weighted by Gasteiger charge is 2.08. The lowest BCUT2D eigenvalue weighted by molar-refractivity contribution is -0.126. The lowest BCUT2D eigenvalue weighted by Crippen LogP contribution is -2.38. The van der Waals surface area contributed by atoms with Crippen LogP contribution in [0.5, 0.6) is 0 Å². The Balaban J connectivity index is 2.33. The second-order valence-electron chi connectivity index (χ2n) is 5.69. The molecule has 1 aliphatic heterocycles. The Hall–Kier alpha value is -2.20. The van der Waals surface area contributed by atoms with E-state index in [1.54, 1.807) is 0 Å². The molecule has 10 nitrogen and oxygen atoms in total. The van der Waals surface area contributed by atoms with Crippen LogP contribution in [0.1, 0.15) is 25.7 Å². The van der Waals surface area contributed by atoms with Crippen LogP contribution in [-0.4, -0.2) is 76.2 Å². The number of carbonyl (C=O) groups is 4. The Labute approximate surface area is 152 Å². The lowest BCUT2D eigenvalue weighted by Gasteiger charge is -2.10. The molecule has 0 aromatic rings. The van der Waals surface area contributed by atoms with E-state index in [1.165, 1.54) is 0 Å². The first-order valence-electron chi connectivity index (χ1n) is 8.80. The summed E-state index contributed by atoms with van der Waals surface area (Å²) >= 11 is 0. The highest BCUT2D eigenvalue weighted by Crippen LogP contribution is 1.99. The summed E-state index contributed by atoms with van der Waals surface area (Å²) < 4.78 is 10.6. The summed E-state index contributed by atoms with van der Waals surface area (Å²) in [5, 5.41) is 10.3. The molecule has 0 aliphatic carbocycles. The van der Waals surface area contributed by atoms with Crippen LogP contribution in [0.25, 0.3) is 0 Å². The Morgan fingerprint density at radius 2 is 0.962 bits per heavy atom. The van der Waals surface area contributed by atoms with Gasteiger partial charge in [-0.05, 0) is 12.8 Å². The molecule has 1 heterocycles. The number of hydrogen-bond donors (Lipinski definition) is 4. The van der Waals surface area contributed by atoms with Gasteiger partial charge in [0.25, 0.3) is 0 Å². The molecule has 0 atom stereocenters. The van der Waals surface area contributed by atoms with Crippen molar-refractivity contribution in [2.45, 2.75) is 25.7 Å². The van der Waals surface area contributed by atoms with E-state index in [1.807, 2.05) is 0 Å². The predicted molar refractivity (Wildman–Crippen MR) is 92.1 cm³/mol. The van der Waals surface area contributed by atoms with Gasteiger partial charge in [-0.2, -0.15) is 0 Å². The molecule has 0 saturated carbocycles. The first kappa shape index (κ1) is 21.8. The van der Waals surface area contributed by atoms with Gasteiger partial charge in [0.05, 0.1) is 39.5 Å². The summed E-state index contributed by atoms with van der Waals surface area (Å²) in [7, 11) is 0. The van der Waals surface area contributed by atoms with Crippen molar-refractivity contribution in [2.75, 3.05) is 52.6 Å². The van der Waals surface area contributed by atoms with Gasteiger partial charge >= 0.3 is 0 Å². The molecule has 1 saturated heterocycles. The largest absolute Gasteiger partial charge is 0.377 e. The fourth-order valence-corrected chi connectivity index (χ4v) is 2.08. The molecule has 1 rings (SSSR count). The van der Waals surface area contributed by atoms with E-state index < -0.39 is 0 Å². The maximum atomic E-state index is 11.6. The van der Waals surface area contributed by atoms with E-state index in [0.717, 1.165) is 0 Å². The molecule has 0 bridgehead atoms. The highest BCUT2D eigenvalue weighted by atomic mass is 16.5. The van der Waals surface area contributed by atoms with Gasteiger partial charge in [0.15, 0.2) is 0 Å². The van der Waals surface area contributed by atoms with Crippen LogP contribution in [0, 0.1) is 0 Å². The summed E-state index contributed by atoms with van der Waals surface area (Å²) in [6, 6.07) is 0. The van der Waals surface area contributed by atoms with E-state index in [2.05, 4.69) is 21.3 Å². The molecule has 0 unspecified atom stereocenters. The minimum absolute atomic E-state index is 0.0858. The van der Waals surface area contributed by atoms with Crippen molar-refractivity contribution in [1.82, 2.24) is 21.3 Å². The summed E-state index contributed by atoms with van der Waals surface area (Å²) in [5.74, 6) is -1.04. The normalized spacial score (nSPS) is 21.2. The number of amides is 4. The Morgan fingerprint density at radius 1 is 0.538 bits per heavy atom. The SMILES string of the molecule is O=C1CCCCC(=O)NCC(=O)NCCOCCOCCNC(=O)CN1. The van der Waals surface area contributed by atoms with E-state index in [9.17, 15) is 19.2 Å². The van der Waals surface area contributed by atoms with Gasteiger partial charge in [0, 0.05) is 25.9 Å². The molecule has 148 valence electrons. The van der Waals surface area contributed by atoms with Crippen LogP contribution in [0.2, 0.25) is 0 Å². The van der Waals surface area contributed by atoms with Crippen LogP contribution in [-0.2, 0) is 28.7 Å². The Bertz CT molecular complexity index is 430. The first-order chi connectivity index (χ1) is 12.6. The van der Waals surface area contributed by atoms with Crippen molar-refractivity contribution in [3.05, 3.63) is 0 Å². The van der Waals surface area contributed by atoms with Gasteiger partial charge in [0.2, 0.25) is 23.6 Å². The average Bonchev–Trinajstić information content (AvgIpc) is 2.62. The average molecular weight is 372 g/mol. The van der Waals surface area contributed by atoms with Crippen molar-refractivity contribution in [3.8, 4) is 0 Å². The van der Waals surface area contributed by atoms with Crippen molar-refractivity contribution >= 4 is 23.6 Å². The zero-order valence-electron chi connectivity index (χ0n) is 14.9. The molecule has 0 aromatic heterocycles. The molecule has 0 radical (unpaired) electrons. The van der Waals surface area contributed by atoms with Gasteiger partial charge in [-0.1, -0.05) is 0 Å². The number of ether oxygens (including phenoxy) is 2. The smallest absolute Gasteiger partial charge is 0.239 e. The van der Waals surface area contributed by atoms with E-state index in [4.69, 9.17) is 9.47 Å². The van der Waals surface area contributed by atoms with Crippen LogP contribution in [0.15, 0.2) is 0 Å². The fourth-order valence-electron chi connectivity index (χ4n) is 2.08. The maximum absolute atomic E-state index is 11.6. The summed E-state index contributed by atoms with van der Waals surface area (Å²) in [6.45, 7) is 1.96. The van der Waals surface area contributed by atoms with E-state index >= 15 is 0 Å². The Morgan fingerprint density at radius 3 is 1.38 bits per heavy atom. The molecule has 4 amide bonds. The molecule has 1 aliphatic rings. The summed E-state index contributed by atoms with van der Waals surface area (Å²) in [6.07, 6.45) is 1.53. The zero-order chi connectivity index (χ0) is 19.0. The standard InChI is InChI=1S/C16H28N4O6/c21-13-3-1-2-4-14(22)20-12-16(24)18-6-8-26-10-9-25-7-5-17-15(23)11-19-13/h1-12H2,(H,17,23)(H,18,24)(H,19,21)(H,20,22). The maximum Gasteiger partial charge on any atom is 0.239 e. The number of rotatable bonds is 0. The van der Waals surface area contributed by atoms with Gasteiger partial charge in [-0.3, -0.25) is 19.2 Å². The predicted octanol–water partition coefficient (Wildman–Crippen LogP) is -1.94. The quantitative estimate of drug-likeness (QED) is 0.391. The van der Waals surface area contributed by atoms with Crippen molar-refractivity contribution < 1.29 is 28.7 Å². The minimum Gasteiger partial charge on any atom is -0.377 e. The Kier molecular flexibility index (Phi) is 11.8. The second kappa shape index (κ2) is 14.0. The second-order valence-corrected chi connectivity index (χ2v) is 5.69. The third-order valence-corrected chi connectivity index (χ3v) is 3.46. The lowest BCUT2D eigenvalue weighted by atomic mass is 10.2. The molecule has 0 spiro atoms. The van der Waals surface area contributed by atoms with Crippen LogP contribution >= 0.6 is 0 Å². The van der Waals surface area contributed by atoms with Gasteiger partial charge in [0.1, 0.15) is 0 Å². The summed E-state index contributed by atoms with van der Waals surface area (Å²) in [4.78, 5) is 46.3. The monoisotopic (exact) mass is 372 g/mol. The van der Waals surface area contributed by atoms with Gasteiger partial charge in [-0.25, -0.2) is 0 Å². The fraction of sp³-hybridized carbons (Fsp3) is 0.750. The van der Waals surface area contributed by atoms with E-state index in [0.29, 0.717) is 52.4 Å².